The van der Waals surface area contributed by atoms with Gasteiger partial charge < -0.3 is 14.6 Å². The molecule has 0 fully saturated rings. The fourth-order valence-electron chi connectivity index (χ4n) is 2.13. The number of rotatable bonds is 4. The highest BCUT2D eigenvalue weighted by atomic mass is 79.9. The van der Waals surface area contributed by atoms with Crippen molar-refractivity contribution >= 4 is 21.6 Å². The molecule has 2 aromatic rings. The number of ether oxygens (including phenoxy) is 1. The van der Waals surface area contributed by atoms with E-state index in [0.717, 1.165) is 27.0 Å². The van der Waals surface area contributed by atoms with Crippen molar-refractivity contribution < 1.29 is 4.74 Å². The molecular formula is C15H16BrN3O. The van der Waals surface area contributed by atoms with Crippen molar-refractivity contribution in [3.63, 3.8) is 0 Å². The third-order valence-electron chi connectivity index (χ3n) is 3.13. The summed E-state index contributed by atoms with van der Waals surface area (Å²) < 4.78 is 8.21. The minimum atomic E-state index is 0.647. The third kappa shape index (κ3) is 2.97. The van der Waals surface area contributed by atoms with Gasteiger partial charge >= 0.3 is 0 Å². The summed E-state index contributed by atoms with van der Waals surface area (Å²) in [5, 5.41) is 12.3. The molecular weight excluding hydrogens is 318 g/mol. The van der Waals surface area contributed by atoms with Crippen LogP contribution in [0.4, 0.5) is 5.69 Å². The van der Waals surface area contributed by atoms with E-state index < -0.39 is 0 Å². The number of hydrogen-bond acceptors (Lipinski definition) is 3. The van der Waals surface area contributed by atoms with E-state index in [2.05, 4.69) is 27.3 Å². The lowest BCUT2D eigenvalue weighted by Gasteiger charge is -2.14. The maximum atomic E-state index is 8.96. The summed E-state index contributed by atoms with van der Waals surface area (Å²) in [6.45, 7) is 2.68. The number of benzene rings is 1. The van der Waals surface area contributed by atoms with Gasteiger partial charge in [0.05, 0.1) is 12.8 Å². The Bertz CT molecular complexity index is 670. The molecule has 20 heavy (non-hydrogen) atoms. The topological polar surface area (TPSA) is 50.0 Å². The van der Waals surface area contributed by atoms with Crippen molar-refractivity contribution in [1.29, 1.82) is 5.26 Å². The highest BCUT2D eigenvalue weighted by Crippen LogP contribution is 2.32. The van der Waals surface area contributed by atoms with Crippen molar-refractivity contribution in [3.05, 3.63) is 45.7 Å². The molecule has 0 aliphatic rings. The summed E-state index contributed by atoms with van der Waals surface area (Å²) >= 11 is 3.46. The van der Waals surface area contributed by atoms with Crippen molar-refractivity contribution in [3.8, 4) is 11.8 Å². The van der Waals surface area contributed by atoms with Crippen LogP contribution < -0.4 is 10.1 Å². The summed E-state index contributed by atoms with van der Waals surface area (Å²) in [5.74, 6) is 0.799. The standard InChI is InChI=1S/C15H16BrN3O/c1-10-4-12(16)6-14(20-3)15(10)18-8-11-5-13(7-17)19(2)9-11/h4-6,9,18H,8H2,1-3H3. The predicted octanol–water partition coefficient (Wildman–Crippen LogP) is 3.59. The van der Waals surface area contributed by atoms with Crippen molar-refractivity contribution in [2.45, 2.75) is 13.5 Å². The van der Waals surface area contributed by atoms with Gasteiger partial charge in [0.1, 0.15) is 17.5 Å². The first-order valence-corrected chi connectivity index (χ1v) is 6.97. The molecule has 104 valence electrons. The molecule has 1 heterocycles. The number of nitrogens with zero attached hydrogens (tertiary/aromatic N) is 2. The van der Waals surface area contributed by atoms with E-state index in [1.54, 1.807) is 7.11 Å². The second-order valence-corrected chi connectivity index (χ2v) is 5.53. The van der Waals surface area contributed by atoms with Gasteiger partial charge in [-0.25, -0.2) is 0 Å². The molecule has 0 atom stereocenters. The Morgan fingerprint density at radius 2 is 2.15 bits per heavy atom. The van der Waals surface area contributed by atoms with E-state index in [0.29, 0.717) is 12.2 Å². The normalized spacial score (nSPS) is 10.2. The summed E-state index contributed by atoms with van der Waals surface area (Å²) in [5.41, 5.74) is 3.79. The lowest BCUT2D eigenvalue weighted by molar-refractivity contribution is 0.416. The summed E-state index contributed by atoms with van der Waals surface area (Å²) in [4.78, 5) is 0. The van der Waals surface area contributed by atoms with E-state index in [-0.39, 0.29) is 0 Å². The average molecular weight is 334 g/mol. The van der Waals surface area contributed by atoms with Crippen LogP contribution in [-0.2, 0) is 13.6 Å². The second-order valence-electron chi connectivity index (χ2n) is 4.61. The second kappa shape index (κ2) is 6.02. The van der Waals surface area contributed by atoms with E-state index >= 15 is 0 Å². The van der Waals surface area contributed by atoms with Crippen LogP contribution in [0.1, 0.15) is 16.8 Å². The van der Waals surface area contributed by atoms with Gasteiger partial charge in [0.15, 0.2) is 0 Å². The zero-order chi connectivity index (χ0) is 14.7. The molecule has 0 saturated heterocycles. The summed E-state index contributed by atoms with van der Waals surface area (Å²) in [7, 11) is 3.52. The quantitative estimate of drug-likeness (QED) is 0.930. The number of halogens is 1. The van der Waals surface area contributed by atoms with Crippen molar-refractivity contribution in [2.24, 2.45) is 7.05 Å². The van der Waals surface area contributed by atoms with Crippen LogP contribution in [0.5, 0.6) is 5.75 Å². The van der Waals surface area contributed by atoms with Crippen LogP contribution in [0.3, 0.4) is 0 Å². The molecule has 4 nitrogen and oxygen atoms in total. The highest BCUT2D eigenvalue weighted by molar-refractivity contribution is 9.10. The molecule has 0 unspecified atom stereocenters. The van der Waals surface area contributed by atoms with Crippen LogP contribution in [0.15, 0.2) is 28.9 Å². The number of aromatic nitrogens is 1. The van der Waals surface area contributed by atoms with Gasteiger partial charge in [-0.05, 0) is 36.2 Å². The summed E-state index contributed by atoms with van der Waals surface area (Å²) in [6, 6.07) is 8.01. The molecule has 0 aliphatic carbocycles. The largest absolute Gasteiger partial charge is 0.495 e. The van der Waals surface area contributed by atoms with Gasteiger partial charge in [0.2, 0.25) is 0 Å². The van der Waals surface area contributed by atoms with Crippen LogP contribution >= 0.6 is 15.9 Å². The number of nitrogens with one attached hydrogen (secondary N) is 1. The Kier molecular flexibility index (Phi) is 4.35. The van der Waals surface area contributed by atoms with Gasteiger partial charge in [0, 0.05) is 24.3 Å². The average Bonchev–Trinajstić information content (AvgIpc) is 2.77. The molecule has 2 rings (SSSR count). The number of nitriles is 1. The summed E-state index contributed by atoms with van der Waals surface area (Å²) in [6.07, 6.45) is 1.95. The van der Waals surface area contributed by atoms with Gasteiger partial charge in [-0.3, -0.25) is 0 Å². The first-order valence-electron chi connectivity index (χ1n) is 6.18. The zero-order valence-corrected chi connectivity index (χ0v) is 13.3. The minimum Gasteiger partial charge on any atom is -0.495 e. The monoisotopic (exact) mass is 333 g/mol. The minimum absolute atomic E-state index is 0.647. The van der Waals surface area contributed by atoms with E-state index in [4.69, 9.17) is 10.00 Å². The van der Waals surface area contributed by atoms with Crippen LogP contribution in [0, 0.1) is 18.3 Å². The number of anilines is 1. The lowest BCUT2D eigenvalue weighted by atomic mass is 10.1. The number of methoxy groups -OCH3 is 1. The molecule has 5 heteroatoms. The molecule has 0 radical (unpaired) electrons. The maximum absolute atomic E-state index is 8.96. The smallest absolute Gasteiger partial charge is 0.143 e. The predicted molar refractivity (Wildman–Crippen MR) is 82.9 cm³/mol. The molecule has 0 saturated carbocycles. The van der Waals surface area contributed by atoms with E-state index in [9.17, 15) is 0 Å². The van der Waals surface area contributed by atoms with Crippen LogP contribution in [0.25, 0.3) is 0 Å². The van der Waals surface area contributed by atoms with Crippen LogP contribution in [-0.4, -0.2) is 11.7 Å². The number of hydrogen-bond donors (Lipinski definition) is 1. The fraction of sp³-hybridized carbons (Fsp3) is 0.267. The molecule has 0 aliphatic heterocycles. The Morgan fingerprint density at radius 3 is 2.75 bits per heavy atom. The Morgan fingerprint density at radius 1 is 1.40 bits per heavy atom. The van der Waals surface area contributed by atoms with E-state index in [1.165, 1.54) is 0 Å². The number of aryl methyl sites for hydroxylation is 2. The Labute approximate surface area is 127 Å². The maximum Gasteiger partial charge on any atom is 0.143 e. The van der Waals surface area contributed by atoms with Gasteiger partial charge in [-0.2, -0.15) is 5.26 Å². The fourth-order valence-corrected chi connectivity index (χ4v) is 2.68. The SMILES string of the molecule is COc1cc(Br)cc(C)c1NCc1cc(C#N)n(C)c1. The third-order valence-corrected chi connectivity index (χ3v) is 3.59. The Balaban J connectivity index is 2.20. The zero-order valence-electron chi connectivity index (χ0n) is 11.7. The molecule has 1 aromatic carbocycles. The van der Waals surface area contributed by atoms with Gasteiger partial charge in [-0.1, -0.05) is 15.9 Å². The van der Waals surface area contributed by atoms with Crippen LogP contribution in [0.2, 0.25) is 0 Å². The molecule has 0 amide bonds. The van der Waals surface area contributed by atoms with Gasteiger partial charge in [-0.15, -0.1) is 0 Å². The lowest BCUT2D eigenvalue weighted by Crippen LogP contribution is -2.02. The molecule has 0 spiro atoms. The highest BCUT2D eigenvalue weighted by Gasteiger charge is 2.09. The molecule has 1 N–H and O–H groups in total. The van der Waals surface area contributed by atoms with Crippen molar-refractivity contribution in [1.82, 2.24) is 4.57 Å². The molecule has 1 aromatic heterocycles. The first-order chi connectivity index (χ1) is 9.55. The van der Waals surface area contributed by atoms with Crippen molar-refractivity contribution in [2.75, 3.05) is 12.4 Å². The van der Waals surface area contributed by atoms with Gasteiger partial charge in [0.25, 0.3) is 0 Å². The first kappa shape index (κ1) is 14.5. The van der Waals surface area contributed by atoms with E-state index in [1.807, 2.05) is 42.9 Å². The molecule has 0 bridgehead atoms. The Hall–Kier alpha value is -1.93.